The Morgan fingerprint density at radius 1 is 1.42 bits per heavy atom. The van der Waals surface area contributed by atoms with E-state index < -0.39 is 0 Å². The number of nitrogens with zero attached hydrogens (tertiary/aromatic N) is 1. The first-order chi connectivity index (χ1) is 9.18. The van der Waals surface area contributed by atoms with E-state index in [4.69, 9.17) is 4.42 Å². The Labute approximate surface area is 113 Å². The van der Waals surface area contributed by atoms with Crippen molar-refractivity contribution in [2.45, 2.75) is 32.6 Å². The Kier molecular flexibility index (Phi) is 4.60. The minimum atomic E-state index is -0.145. The fourth-order valence-corrected chi connectivity index (χ4v) is 2.30. The predicted molar refractivity (Wildman–Crippen MR) is 70.8 cm³/mol. The summed E-state index contributed by atoms with van der Waals surface area (Å²) in [4.78, 5) is 25.5. The number of carbonyl (C=O) groups excluding carboxylic acids is 2. The number of nitrogens with one attached hydrogen (secondary N) is 1. The topological polar surface area (TPSA) is 62.6 Å². The van der Waals surface area contributed by atoms with Crippen LogP contribution in [0.4, 0.5) is 0 Å². The molecule has 2 heterocycles. The van der Waals surface area contributed by atoms with Crippen molar-refractivity contribution in [3.63, 3.8) is 0 Å². The Bertz CT molecular complexity index is 453. The van der Waals surface area contributed by atoms with Gasteiger partial charge >= 0.3 is 0 Å². The van der Waals surface area contributed by atoms with Gasteiger partial charge < -0.3 is 14.6 Å². The molecule has 1 saturated heterocycles. The summed E-state index contributed by atoms with van der Waals surface area (Å²) in [5.74, 6) is 0.670. The maximum Gasteiger partial charge on any atom is 0.254 e. The summed E-state index contributed by atoms with van der Waals surface area (Å²) in [6.07, 6.45) is 5.29. The zero-order valence-corrected chi connectivity index (χ0v) is 11.3. The molecule has 0 atom stereocenters. The van der Waals surface area contributed by atoms with Crippen LogP contribution in [0.1, 0.15) is 41.8 Å². The molecule has 0 aliphatic carbocycles. The van der Waals surface area contributed by atoms with Crippen LogP contribution >= 0.6 is 0 Å². The van der Waals surface area contributed by atoms with Crippen LogP contribution in [0.15, 0.2) is 16.7 Å². The normalized spacial score (nSPS) is 16.3. The smallest absolute Gasteiger partial charge is 0.254 e. The lowest BCUT2D eigenvalue weighted by Crippen LogP contribution is -2.38. The second-order valence-corrected chi connectivity index (χ2v) is 4.84. The summed E-state index contributed by atoms with van der Waals surface area (Å²) in [7, 11) is 0. The van der Waals surface area contributed by atoms with Gasteiger partial charge in [-0.05, 0) is 25.8 Å². The van der Waals surface area contributed by atoms with Gasteiger partial charge in [0.1, 0.15) is 5.76 Å². The highest BCUT2D eigenvalue weighted by Gasteiger charge is 2.17. The van der Waals surface area contributed by atoms with Gasteiger partial charge in [-0.25, -0.2) is 0 Å². The van der Waals surface area contributed by atoms with Gasteiger partial charge in [0.15, 0.2) is 0 Å². The van der Waals surface area contributed by atoms with Gasteiger partial charge in [0.2, 0.25) is 5.91 Å². The maximum absolute atomic E-state index is 11.8. The van der Waals surface area contributed by atoms with Gasteiger partial charge in [0, 0.05) is 26.1 Å². The molecule has 5 heteroatoms. The van der Waals surface area contributed by atoms with E-state index in [9.17, 15) is 9.59 Å². The highest BCUT2D eigenvalue weighted by atomic mass is 16.3. The van der Waals surface area contributed by atoms with Crippen LogP contribution in [-0.4, -0.2) is 36.3 Å². The van der Waals surface area contributed by atoms with Gasteiger partial charge in [0.05, 0.1) is 11.8 Å². The molecule has 1 aromatic rings. The van der Waals surface area contributed by atoms with Crippen molar-refractivity contribution in [2.75, 3.05) is 19.6 Å². The molecule has 1 N–H and O–H groups in total. The van der Waals surface area contributed by atoms with Crippen molar-refractivity contribution >= 4 is 11.8 Å². The van der Waals surface area contributed by atoms with Crippen molar-refractivity contribution in [1.82, 2.24) is 10.2 Å². The fraction of sp³-hybridized carbons (Fsp3) is 0.571. The molecule has 19 heavy (non-hydrogen) atoms. The van der Waals surface area contributed by atoms with E-state index in [1.165, 1.54) is 6.26 Å². The third kappa shape index (κ3) is 3.59. The molecule has 0 aromatic carbocycles. The maximum atomic E-state index is 11.8. The van der Waals surface area contributed by atoms with Crippen molar-refractivity contribution in [3.8, 4) is 0 Å². The minimum Gasteiger partial charge on any atom is -0.469 e. The van der Waals surface area contributed by atoms with E-state index in [2.05, 4.69) is 5.32 Å². The van der Waals surface area contributed by atoms with Gasteiger partial charge in [-0.2, -0.15) is 0 Å². The van der Waals surface area contributed by atoms with Crippen LogP contribution in [0.3, 0.4) is 0 Å². The number of aryl methyl sites for hydroxylation is 1. The second-order valence-electron chi connectivity index (χ2n) is 4.84. The number of rotatable bonds is 4. The number of hydrogen-bond donors (Lipinski definition) is 1. The van der Waals surface area contributed by atoms with E-state index in [1.54, 1.807) is 13.0 Å². The Morgan fingerprint density at radius 2 is 2.26 bits per heavy atom. The summed E-state index contributed by atoms with van der Waals surface area (Å²) in [6, 6.07) is 1.65. The van der Waals surface area contributed by atoms with Crippen LogP contribution < -0.4 is 5.32 Å². The van der Waals surface area contributed by atoms with E-state index in [0.29, 0.717) is 30.8 Å². The quantitative estimate of drug-likeness (QED) is 0.900. The first-order valence-corrected chi connectivity index (χ1v) is 6.78. The molecule has 2 rings (SSSR count). The molecule has 104 valence electrons. The Morgan fingerprint density at radius 3 is 3.00 bits per heavy atom. The van der Waals surface area contributed by atoms with Crippen LogP contribution in [0, 0.1) is 6.92 Å². The molecule has 0 spiro atoms. The lowest BCUT2D eigenvalue weighted by Gasteiger charge is -2.20. The average Bonchev–Trinajstić information content (AvgIpc) is 2.71. The Hall–Kier alpha value is -1.78. The van der Waals surface area contributed by atoms with Gasteiger partial charge in [0.25, 0.3) is 5.91 Å². The lowest BCUT2D eigenvalue weighted by atomic mass is 10.2. The third-order valence-corrected chi connectivity index (χ3v) is 3.44. The van der Waals surface area contributed by atoms with Crippen molar-refractivity contribution in [2.24, 2.45) is 0 Å². The highest BCUT2D eigenvalue weighted by molar-refractivity contribution is 5.95. The number of likely N-dealkylation sites (tertiary alicyclic amines) is 1. The SMILES string of the molecule is Cc1occc1C(=O)NCCN1CCCCCC1=O. The lowest BCUT2D eigenvalue weighted by molar-refractivity contribution is -0.130. The summed E-state index contributed by atoms with van der Waals surface area (Å²) >= 11 is 0. The standard InChI is InChI=1S/C14H20N2O3/c1-11-12(6-10-19-11)14(18)15-7-9-16-8-4-2-3-5-13(16)17/h6,10H,2-5,7-9H2,1H3,(H,15,18). The summed E-state index contributed by atoms with van der Waals surface area (Å²) in [6.45, 7) is 3.63. The molecule has 1 aromatic heterocycles. The monoisotopic (exact) mass is 264 g/mol. The predicted octanol–water partition coefficient (Wildman–Crippen LogP) is 1.72. The largest absolute Gasteiger partial charge is 0.469 e. The van der Waals surface area contributed by atoms with Gasteiger partial charge in [-0.3, -0.25) is 9.59 Å². The average molecular weight is 264 g/mol. The summed E-state index contributed by atoms with van der Waals surface area (Å²) < 4.78 is 5.09. The van der Waals surface area contributed by atoms with Gasteiger partial charge in [-0.1, -0.05) is 6.42 Å². The van der Waals surface area contributed by atoms with Crippen LogP contribution in [0.5, 0.6) is 0 Å². The molecule has 5 nitrogen and oxygen atoms in total. The second kappa shape index (κ2) is 6.41. The molecular weight excluding hydrogens is 244 g/mol. The molecule has 1 aliphatic rings. The van der Waals surface area contributed by atoms with E-state index in [-0.39, 0.29) is 11.8 Å². The minimum absolute atomic E-state index is 0.145. The van der Waals surface area contributed by atoms with Crippen LogP contribution in [0.25, 0.3) is 0 Å². The van der Waals surface area contributed by atoms with Gasteiger partial charge in [-0.15, -0.1) is 0 Å². The van der Waals surface area contributed by atoms with Crippen LogP contribution in [-0.2, 0) is 4.79 Å². The molecule has 0 unspecified atom stereocenters. The number of hydrogen-bond acceptors (Lipinski definition) is 3. The first kappa shape index (κ1) is 13.6. The molecule has 0 saturated carbocycles. The van der Waals surface area contributed by atoms with Crippen molar-refractivity contribution < 1.29 is 14.0 Å². The fourth-order valence-electron chi connectivity index (χ4n) is 2.30. The molecule has 0 bridgehead atoms. The zero-order valence-electron chi connectivity index (χ0n) is 11.3. The molecule has 1 fully saturated rings. The highest BCUT2D eigenvalue weighted by Crippen LogP contribution is 2.11. The third-order valence-electron chi connectivity index (χ3n) is 3.44. The molecular formula is C14H20N2O3. The first-order valence-electron chi connectivity index (χ1n) is 6.78. The summed E-state index contributed by atoms with van der Waals surface area (Å²) in [5, 5.41) is 2.82. The van der Waals surface area contributed by atoms with E-state index >= 15 is 0 Å². The zero-order chi connectivity index (χ0) is 13.7. The van der Waals surface area contributed by atoms with E-state index in [1.807, 2.05) is 4.90 Å². The summed E-state index contributed by atoms with van der Waals surface area (Å²) in [5.41, 5.74) is 0.558. The van der Waals surface area contributed by atoms with Crippen molar-refractivity contribution in [3.05, 3.63) is 23.7 Å². The number of amides is 2. The molecule has 0 radical (unpaired) electrons. The van der Waals surface area contributed by atoms with Crippen molar-refractivity contribution in [1.29, 1.82) is 0 Å². The number of furan rings is 1. The molecule has 2 amide bonds. The number of carbonyl (C=O) groups is 2. The van der Waals surface area contributed by atoms with E-state index in [0.717, 1.165) is 25.8 Å². The Balaban J connectivity index is 1.78. The molecule has 1 aliphatic heterocycles. The van der Waals surface area contributed by atoms with Crippen LogP contribution in [0.2, 0.25) is 0 Å².